The number of aliphatic hydroxyl groups is 1. The summed E-state index contributed by atoms with van der Waals surface area (Å²) in [6, 6.07) is 30.7. The van der Waals surface area contributed by atoms with Gasteiger partial charge in [-0.2, -0.15) is 0 Å². The van der Waals surface area contributed by atoms with Crippen molar-refractivity contribution in [2.45, 2.75) is 64.1 Å². The largest absolute Gasteiger partial charge is 0.489 e. The summed E-state index contributed by atoms with van der Waals surface area (Å²) in [5, 5.41) is 18.2. The normalized spacial score (nSPS) is 12.9. The van der Waals surface area contributed by atoms with Crippen LogP contribution in [-0.2, 0) is 50.0 Å². The van der Waals surface area contributed by atoms with E-state index in [-0.39, 0.29) is 19.4 Å². The Balaban J connectivity index is 1.53. The zero-order valence-electron chi connectivity index (χ0n) is 28.9. The maximum absolute atomic E-state index is 13.9. The number of aliphatic hydroxyl groups excluding tert-OH is 1. The number of ether oxygens (including phenoxy) is 2. The summed E-state index contributed by atoms with van der Waals surface area (Å²) in [6.45, 7) is 2.80. The molecule has 0 spiro atoms. The van der Waals surface area contributed by atoms with Gasteiger partial charge in [-0.3, -0.25) is 30.0 Å². The second-order valence-corrected chi connectivity index (χ2v) is 12.0. The van der Waals surface area contributed by atoms with Crippen molar-refractivity contribution in [3.8, 4) is 5.75 Å². The maximum Gasteiger partial charge on any atom is 0.408 e. The monoisotopic (exact) mass is 709 g/mol. The van der Waals surface area contributed by atoms with Crippen LogP contribution in [0.1, 0.15) is 36.1 Å². The van der Waals surface area contributed by atoms with Crippen molar-refractivity contribution in [3.63, 3.8) is 0 Å². The van der Waals surface area contributed by atoms with Gasteiger partial charge in [0.2, 0.25) is 17.7 Å². The fourth-order valence-electron chi connectivity index (χ4n) is 5.03. The van der Waals surface area contributed by atoms with Crippen molar-refractivity contribution in [1.82, 2.24) is 26.8 Å². The van der Waals surface area contributed by atoms with Crippen molar-refractivity contribution in [3.05, 3.63) is 138 Å². The van der Waals surface area contributed by atoms with Crippen molar-refractivity contribution in [2.24, 2.45) is 0 Å². The lowest BCUT2D eigenvalue weighted by Crippen LogP contribution is -2.61. The number of carbonyl (C=O) groups is 5. The molecule has 0 aliphatic rings. The summed E-state index contributed by atoms with van der Waals surface area (Å²) < 4.78 is 11.3. The van der Waals surface area contributed by atoms with Crippen LogP contribution in [0.25, 0.3) is 0 Å². The molecule has 0 saturated carbocycles. The molecule has 0 aliphatic carbocycles. The Kier molecular flexibility index (Phi) is 14.7. The summed E-state index contributed by atoms with van der Waals surface area (Å²) in [5.74, 6) is -2.35. The van der Waals surface area contributed by atoms with E-state index in [1.165, 1.54) is 13.8 Å². The fourth-order valence-corrected chi connectivity index (χ4v) is 5.03. The van der Waals surface area contributed by atoms with E-state index >= 15 is 0 Å². The molecule has 4 rings (SSSR count). The molecule has 6 N–H and O–H groups in total. The smallest absolute Gasteiger partial charge is 0.408 e. The maximum atomic E-state index is 13.9. The van der Waals surface area contributed by atoms with Crippen LogP contribution in [-0.4, -0.2) is 59.1 Å². The Labute approximate surface area is 302 Å². The summed E-state index contributed by atoms with van der Waals surface area (Å²) in [5.41, 5.74) is 7.39. The van der Waals surface area contributed by atoms with E-state index in [0.29, 0.717) is 17.9 Å². The van der Waals surface area contributed by atoms with Gasteiger partial charge >= 0.3 is 6.09 Å². The molecule has 52 heavy (non-hydrogen) atoms. The van der Waals surface area contributed by atoms with Gasteiger partial charge in [-0.15, -0.1) is 0 Å². The summed E-state index contributed by atoms with van der Waals surface area (Å²) >= 11 is 0. The lowest BCUT2D eigenvalue weighted by Gasteiger charge is -2.26. The first kappa shape index (κ1) is 38.6. The highest BCUT2D eigenvalue weighted by molar-refractivity contribution is 5.94. The van der Waals surface area contributed by atoms with E-state index in [2.05, 4.69) is 26.8 Å². The molecule has 0 bridgehead atoms. The quantitative estimate of drug-likeness (QED) is 0.0960. The molecule has 0 aromatic heterocycles. The molecule has 0 unspecified atom stereocenters. The van der Waals surface area contributed by atoms with Crippen LogP contribution >= 0.6 is 0 Å². The second-order valence-electron chi connectivity index (χ2n) is 12.0. The van der Waals surface area contributed by atoms with Crippen LogP contribution < -0.4 is 31.5 Å². The van der Waals surface area contributed by atoms with Crippen LogP contribution in [0.5, 0.6) is 5.75 Å². The number of amides is 5. The van der Waals surface area contributed by atoms with Crippen molar-refractivity contribution in [2.75, 3.05) is 0 Å². The fraction of sp³-hybridized carbons (Fsp3) is 0.256. The average Bonchev–Trinajstić information content (AvgIpc) is 3.15. The number of carbonyl (C=O) groups excluding carboxylic acids is 5. The first-order valence-electron chi connectivity index (χ1n) is 16.7. The van der Waals surface area contributed by atoms with E-state index in [4.69, 9.17) is 9.47 Å². The van der Waals surface area contributed by atoms with Gasteiger partial charge in [-0.25, -0.2) is 4.79 Å². The van der Waals surface area contributed by atoms with Crippen LogP contribution in [0, 0.1) is 0 Å². The van der Waals surface area contributed by atoms with Gasteiger partial charge in [0.1, 0.15) is 37.1 Å². The highest BCUT2D eigenvalue weighted by Gasteiger charge is 2.32. The van der Waals surface area contributed by atoms with E-state index in [0.717, 1.165) is 16.7 Å². The number of hydrogen-bond acceptors (Lipinski definition) is 8. The Morgan fingerprint density at radius 2 is 1.06 bits per heavy atom. The van der Waals surface area contributed by atoms with Crippen LogP contribution in [0.2, 0.25) is 0 Å². The van der Waals surface area contributed by atoms with Gasteiger partial charge in [-0.05, 0) is 41.3 Å². The van der Waals surface area contributed by atoms with Gasteiger partial charge < -0.3 is 30.5 Å². The summed E-state index contributed by atoms with van der Waals surface area (Å²) in [7, 11) is 0. The molecule has 0 aliphatic heterocycles. The molecule has 0 fully saturated rings. The van der Waals surface area contributed by atoms with Crippen LogP contribution in [0.15, 0.2) is 115 Å². The number of alkyl carbamates (subject to hydrolysis) is 1. The third-order valence-electron chi connectivity index (χ3n) is 7.77. The molecule has 0 heterocycles. The Hall–Kier alpha value is -6.21. The molecule has 0 saturated heterocycles. The topological polar surface area (TPSA) is 184 Å². The second kappa shape index (κ2) is 19.8. The molecule has 4 aromatic carbocycles. The molecular formula is C39H43N5O8. The zero-order valence-corrected chi connectivity index (χ0v) is 28.9. The SMILES string of the molecule is CC(=O)NNC(=O)[C@H](NC(=O)[C@H](Cc1ccc(OCc2ccccc2)cc1)NC(=O)[C@@H](Cc1ccccc1)NC(=O)OCc1ccccc1)[C@H](C)O. The Bertz CT molecular complexity index is 1760. The number of hydrazine groups is 1. The molecular weight excluding hydrogens is 666 g/mol. The van der Waals surface area contributed by atoms with Gasteiger partial charge in [0.15, 0.2) is 0 Å². The minimum Gasteiger partial charge on any atom is -0.489 e. The molecule has 272 valence electrons. The first-order chi connectivity index (χ1) is 25.1. The predicted octanol–water partition coefficient (Wildman–Crippen LogP) is 2.86. The lowest BCUT2D eigenvalue weighted by molar-refractivity contribution is -0.135. The summed E-state index contributed by atoms with van der Waals surface area (Å²) in [6.07, 6.45) is -2.17. The van der Waals surface area contributed by atoms with E-state index < -0.39 is 54.0 Å². The van der Waals surface area contributed by atoms with E-state index in [1.54, 1.807) is 60.7 Å². The molecule has 13 heteroatoms. The lowest BCUT2D eigenvalue weighted by atomic mass is 10.0. The number of benzene rings is 4. The van der Waals surface area contributed by atoms with E-state index in [9.17, 15) is 29.1 Å². The molecule has 0 radical (unpaired) electrons. The molecule has 4 aromatic rings. The highest BCUT2D eigenvalue weighted by Crippen LogP contribution is 2.16. The van der Waals surface area contributed by atoms with Crippen molar-refractivity contribution >= 4 is 29.7 Å². The van der Waals surface area contributed by atoms with E-state index in [1.807, 2.05) is 54.6 Å². The molecule has 13 nitrogen and oxygen atoms in total. The van der Waals surface area contributed by atoms with Crippen LogP contribution in [0.3, 0.4) is 0 Å². The van der Waals surface area contributed by atoms with Crippen molar-refractivity contribution < 1.29 is 38.6 Å². The summed E-state index contributed by atoms with van der Waals surface area (Å²) in [4.78, 5) is 64.7. The number of rotatable bonds is 16. The van der Waals surface area contributed by atoms with Gasteiger partial charge in [0.25, 0.3) is 5.91 Å². The van der Waals surface area contributed by atoms with Gasteiger partial charge in [0.05, 0.1) is 6.10 Å². The van der Waals surface area contributed by atoms with Crippen LogP contribution in [0.4, 0.5) is 4.79 Å². The average molecular weight is 710 g/mol. The Morgan fingerprint density at radius 3 is 1.60 bits per heavy atom. The zero-order chi connectivity index (χ0) is 37.3. The minimum absolute atomic E-state index is 0.0241. The first-order valence-corrected chi connectivity index (χ1v) is 16.7. The minimum atomic E-state index is -1.49. The third kappa shape index (κ3) is 12.9. The number of hydrogen-bond donors (Lipinski definition) is 6. The predicted molar refractivity (Wildman–Crippen MR) is 192 cm³/mol. The standard InChI is InChI=1S/C39H43N5O8/c1-26(45)35(38(49)44-43-27(2)46)42-37(48)33(23-29-18-20-32(21-19-29)51-24-30-14-8-4-9-15-30)40-36(47)34(22-28-12-6-3-7-13-28)41-39(50)52-25-31-16-10-5-11-17-31/h3-21,26,33-35,45H,22-25H2,1-2H3,(H,40,47)(H,41,50)(H,42,48)(H,43,46)(H,44,49)/t26-,33-,34+,35+/m0/s1. The van der Waals surface area contributed by atoms with Crippen molar-refractivity contribution in [1.29, 1.82) is 0 Å². The molecule has 4 atom stereocenters. The van der Waals surface area contributed by atoms with Gasteiger partial charge in [0, 0.05) is 19.8 Å². The third-order valence-corrected chi connectivity index (χ3v) is 7.77. The molecule has 5 amide bonds. The number of nitrogens with one attached hydrogen (secondary N) is 5. The Morgan fingerprint density at radius 1 is 0.577 bits per heavy atom. The van der Waals surface area contributed by atoms with Gasteiger partial charge in [-0.1, -0.05) is 103 Å². The highest BCUT2D eigenvalue weighted by atomic mass is 16.5.